The first-order chi connectivity index (χ1) is 10.8. The lowest BCUT2D eigenvalue weighted by Gasteiger charge is -2.08. The number of esters is 1. The molecule has 5 nitrogen and oxygen atoms in total. The van der Waals surface area contributed by atoms with E-state index in [9.17, 15) is 14.0 Å². The third-order valence-electron chi connectivity index (χ3n) is 3.59. The van der Waals surface area contributed by atoms with E-state index < -0.39 is 17.7 Å². The van der Waals surface area contributed by atoms with Crippen LogP contribution in [-0.4, -0.2) is 23.5 Å². The molecular formula is C17H19FN2O3. The summed E-state index contributed by atoms with van der Waals surface area (Å²) in [4.78, 5) is 27.3. The van der Waals surface area contributed by atoms with Crippen LogP contribution in [0.15, 0.2) is 18.2 Å². The minimum Gasteiger partial charge on any atom is -0.462 e. The summed E-state index contributed by atoms with van der Waals surface area (Å²) >= 11 is 0. The zero-order valence-electron chi connectivity index (χ0n) is 13.5. The van der Waals surface area contributed by atoms with Crippen LogP contribution in [0.5, 0.6) is 0 Å². The molecule has 1 aromatic heterocycles. The predicted octanol–water partition coefficient (Wildman–Crippen LogP) is 3.51. The van der Waals surface area contributed by atoms with Gasteiger partial charge in [-0.05, 0) is 51.0 Å². The largest absolute Gasteiger partial charge is 0.462 e. The van der Waals surface area contributed by atoms with Crippen molar-refractivity contribution in [1.82, 2.24) is 4.98 Å². The maximum atomic E-state index is 13.3. The number of aryl methyl sites for hydroxylation is 2. The molecule has 0 aliphatic heterocycles. The van der Waals surface area contributed by atoms with Gasteiger partial charge < -0.3 is 15.0 Å². The van der Waals surface area contributed by atoms with Crippen LogP contribution >= 0.6 is 0 Å². The topological polar surface area (TPSA) is 71.2 Å². The number of ether oxygens (including phenoxy) is 1. The highest BCUT2D eigenvalue weighted by molar-refractivity contribution is 6.07. The Morgan fingerprint density at radius 3 is 2.61 bits per heavy atom. The summed E-state index contributed by atoms with van der Waals surface area (Å²) < 4.78 is 18.3. The van der Waals surface area contributed by atoms with Crippen LogP contribution in [0.4, 0.5) is 10.1 Å². The van der Waals surface area contributed by atoms with Crippen LogP contribution in [-0.2, 0) is 4.74 Å². The Labute approximate surface area is 133 Å². The Morgan fingerprint density at radius 1 is 1.26 bits per heavy atom. The zero-order valence-corrected chi connectivity index (χ0v) is 13.5. The molecule has 1 heterocycles. The fourth-order valence-electron chi connectivity index (χ4n) is 2.40. The van der Waals surface area contributed by atoms with Crippen LogP contribution in [0.2, 0.25) is 0 Å². The predicted molar refractivity (Wildman–Crippen MR) is 85.3 cm³/mol. The number of nitrogens with one attached hydrogen (secondary N) is 2. The van der Waals surface area contributed by atoms with Gasteiger partial charge in [-0.2, -0.15) is 0 Å². The van der Waals surface area contributed by atoms with Gasteiger partial charge in [-0.25, -0.2) is 9.18 Å². The number of rotatable bonds is 4. The van der Waals surface area contributed by atoms with Crippen molar-refractivity contribution in [3.8, 4) is 0 Å². The van der Waals surface area contributed by atoms with Gasteiger partial charge in [0.1, 0.15) is 11.5 Å². The van der Waals surface area contributed by atoms with Gasteiger partial charge in [0, 0.05) is 11.4 Å². The van der Waals surface area contributed by atoms with Crippen molar-refractivity contribution in [2.24, 2.45) is 0 Å². The van der Waals surface area contributed by atoms with Gasteiger partial charge in [0.2, 0.25) is 0 Å². The minimum absolute atomic E-state index is 0.257. The summed E-state index contributed by atoms with van der Waals surface area (Å²) in [7, 11) is 0. The number of H-pyrrole nitrogens is 1. The minimum atomic E-state index is -0.472. The molecule has 6 heteroatoms. The van der Waals surface area contributed by atoms with Crippen LogP contribution in [0.25, 0.3) is 0 Å². The molecule has 2 rings (SSSR count). The normalized spacial score (nSPS) is 10.5. The number of aromatic nitrogens is 1. The molecule has 0 saturated heterocycles. The molecule has 0 unspecified atom stereocenters. The van der Waals surface area contributed by atoms with Crippen LogP contribution in [0.3, 0.4) is 0 Å². The number of hydrogen-bond donors (Lipinski definition) is 2. The van der Waals surface area contributed by atoms with Crippen molar-refractivity contribution in [2.45, 2.75) is 27.7 Å². The highest BCUT2D eigenvalue weighted by Crippen LogP contribution is 2.22. The van der Waals surface area contributed by atoms with E-state index in [1.54, 1.807) is 33.8 Å². The average molecular weight is 318 g/mol. The van der Waals surface area contributed by atoms with Crippen LogP contribution in [0, 0.1) is 26.6 Å². The van der Waals surface area contributed by atoms with E-state index in [-0.39, 0.29) is 12.3 Å². The molecule has 2 aromatic rings. The first-order valence-corrected chi connectivity index (χ1v) is 7.29. The molecule has 1 amide bonds. The number of carbonyl (C=O) groups excluding carboxylic acids is 2. The first-order valence-electron chi connectivity index (χ1n) is 7.29. The number of carbonyl (C=O) groups is 2. The molecular weight excluding hydrogens is 299 g/mol. The lowest BCUT2D eigenvalue weighted by atomic mass is 10.1. The summed E-state index contributed by atoms with van der Waals surface area (Å²) in [5.41, 5.74) is 2.81. The Balaban J connectivity index is 2.32. The first kappa shape index (κ1) is 16.7. The second kappa shape index (κ2) is 6.64. The summed E-state index contributed by atoms with van der Waals surface area (Å²) in [6, 6.07) is 4.17. The van der Waals surface area contributed by atoms with Gasteiger partial charge in [0.05, 0.1) is 12.2 Å². The monoisotopic (exact) mass is 318 g/mol. The molecule has 0 radical (unpaired) electrons. The Hall–Kier alpha value is -2.63. The van der Waals surface area contributed by atoms with E-state index in [0.29, 0.717) is 22.5 Å². The van der Waals surface area contributed by atoms with E-state index in [1.807, 2.05) is 0 Å². The smallest absolute Gasteiger partial charge is 0.340 e. The van der Waals surface area contributed by atoms with Crippen molar-refractivity contribution >= 4 is 17.6 Å². The molecule has 0 fully saturated rings. The van der Waals surface area contributed by atoms with Crippen LogP contribution in [0.1, 0.15) is 44.6 Å². The molecule has 1 aromatic carbocycles. The number of hydrogen-bond acceptors (Lipinski definition) is 3. The molecule has 2 N–H and O–H groups in total. The van der Waals surface area contributed by atoms with Gasteiger partial charge in [0.15, 0.2) is 0 Å². The van der Waals surface area contributed by atoms with E-state index in [4.69, 9.17) is 4.74 Å². The summed E-state index contributed by atoms with van der Waals surface area (Å²) in [5.74, 6) is -1.34. The summed E-state index contributed by atoms with van der Waals surface area (Å²) in [6.07, 6.45) is 0. The molecule has 0 aliphatic carbocycles. The highest BCUT2D eigenvalue weighted by atomic mass is 19.1. The Bertz CT molecular complexity index is 765. The molecule has 0 aliphatic rings. The van der Waals surface area contributed by atoms with Gasteiger partial charge in [-0.1, -0.05) is 6.07 Å². The van der Waals surface area contributed by atoms with E-state index in [2.05, 4.69) is 10.3 Å². The Kier molecular flexibility index (Phi) is 4.83. The standard InChI is InChI=1S/C17H19FN2O3/c1-5-23-17(22)14-10(3)15(19-11(14)4)16(21)20-13-8-12(18)7-6-9(13)2/h6-8,19H,5H2,1-4H3,(H,20,21). The van der Waals surface area contributed by atoms with Gasteiger partial charge >= 0.3 is 5.97 Å². The third-order valence-corrected chi connectivity index (χ3v) is 3.59. The van der Waals surface area contributed by atoms with Crippen molar-refractivity contribution in [1.29, 1.82) is 0 Å². The van der Waals surface area contributed by atoms with E-state index in [0.717, 1.165) is 5.56 Å². The number of halogens is 1. The van der Waals surface area contributed by atoms with Gasteiger partial charge in [-0.15, -0.1) is 0 Å². The number of anilines is 1. The van der Waals surface area contributed by atoms with Crippen molar-refractivity contribution < 1.29 is 18.7 Å². The molecule has 0 atom stereocenters. The molecule has 23 heavy (non-hydrogen) atoms. The van der Waals surface area contributed by atoms with Gasteiger partial charge in [0.25, 0.3) is 5.91 Å². The zero-order chi connectivity index (χ0) is 17.1. The maximum absolute atomic E-state index is 13.3. The SMILES string of the molecule is CCOC(=O)c1c(C)[nH]c(C(=O)Nc2cc(F)ccc2C)c1C. The molecule has 122 valence electrons. The fraction of sp³-hybridized carbons (Fsp3) is 0.294. The quantitative estimate of drug-likeness (QED) is 0.847. The van der Waals surface area contributed by atoms with E-state index in [1.165, 1.54) is 12.1 Å². The summed E-state index contributed by atoms with van der Waals surface area (Å²) in [5, 5.41) is 2.66. The highest BCUT2D eigenvalue weighted by Gasteiger charge is 2.23. The second-order valence-corrected chi connectivity index (χ2v) is 5.26. The number of aromatic amines is 1. The van der Waals surface area contributed by atoms with Gasteiger partial charge in [-0.3, -0.25) is 4.79 Å². The maximum Gasteiger partial charge on any atom is 0.340 e. The van der Waals surface area contributed by atoms with Crippen molar-refractivity contribution in [2.75, 3.05) is 11.9 Å². The Morgan fingerprint density at radius 2 is 1.96 bits per heavy atom. The number of amides is 1. The molecule has 0 spiro atoms. The second-order valence-electron chi connectivity index (χ2n) is 5.26. The fourth-order valence-corrected chi connectivity index (χ4v) is 2.40. The lowest BCUT2D eigenvalue weighted by Crippen LogP contribution is -2.15. The van der Waals surface area contributed by atoms with Crippen LogP contribution < -0.4 is 5.32 Å². The summed E-state index contributed by atoms with van der Waals surface area (Å²) in [6.45, 7) is 7.11. The van der Waals surface area contributed by atoms with E-state index >= 15 is 0 Å². The molecule has 0 saturated carbocycles. The lowest BCUT2D eigenvalue weighted by molar-refractivity contribution is 0.0525. The average Bonchev–Trinajstić information content (AvgIpc) is 2.78. The molecule has 0 bridgehead atoms. The third kappa shape index (κ3) is 3.41. The van der Waals surface area contributed by atoms with Crippen molar-refractivity contribution in [3.05, 3.63) is 52.1 Å². The van der Waals surface area contributed by atoms with Crippen molar-refractivity contribution in [3.63, 3.8) is 0 Å². The number of benzene rings is 1.